The Morgan fingerprint density at radius 2 is 1.74 bits per heavy atom. The van der Waals surface area contributed by atoms with Crippen molar-refractivity contribution < 1.29 is 9.66 Å². The first-order valence-electron chi connectivity index (χ1n) is 7.34. The molecule has 0 aliphatic carbocycles. The molecular formula is C18H18N2O3. The van der Waals surface area contributed by atoms with E-state index in [0.717, 1.165) is 44.6 Å². The van der Waals surface area contributed by atoms with Gasteiger partial charge in [-0.05, 0) is 61.2 Å². The predicted molar refractivity (Wildman–Crippen MR) is 91.2 cm³/mol. The quantitative estimate of drug-likeness (QED) is 0.564. The van der Waals surface area contributed by atoms with Gasteiger partial charge in [0.1, 0.15) is 5.75 Å². The summed E-state index contributed by atoms with van der Waals surface area (Å²) in [5.41, 5.74) is 6.17. The lowest BCUT2D eigenvalue weighted by atomic mass is 10.0. The Morgan fingerprint density at radius 1 is 1.09 bits per heavy atom. The molecule has 0 bridgehead atoms. The second-order valence-corrected chi connectivity index (χ2v) is 5.76. The Kier molecular flexibility index (Phi) is 3.56. The lowest BCUT2D eigenvalue weighted by Crippen LogP contribution is -1.92. The minimum absolute atomic E-state index is 0.105. The van der Waals surface area contributed by atoms with Crippen LogP contribution < -0.4 is 4.74 Å². The summed E-state index contributed by atoms with van der Waals surface area (Å²) in [5, 5.41) is 11.8. The fourth-order valence-electron chi connectivity index (χ4n) is 3.13. The van der Waals surface area contributed by atoms with E-state index in [9.17, 15) is 10.1 Å². The number of nitrogens with one attached hydrogen (secondary N) is 1. The van der Waals surface area contributed by atoms with E-state index in [2.05, 4.69) is 17.1 Å². The first-order chi connectivity index (χ1) is 10.9. The standard InChI is InChI=1S/C18H18N2O3/c1-10-7-13(8-11(2)18(10)23-4)17-12(3)15-9-14(20(21)22)5-6-16(15)19-17/h5-9,19H,1-4H3. The minimum Gasteiger partial charge on any atom is -0.496 e. The number of nitro benzene ring substituents is 1. The number of aryl methyl sites for hydroxylation is 3. The van der Waals surface area contributed by atoms with Gasteiger partial charge in [0.15, 0.2) is 0 Å². The molecule has 0 amide bonds. The number of benzene rings is 2. The molecule has 2 aromatic carbocycles. The number of H-pyrrole nitrogens is 1. The summed E-state index contributed by atoms with van der Waals surface area (Å²) in [5.74, 6) is 0.887. The number of aromatic nitrogens is 1. The molecule has 1 N–H and O–H groups in total. The van der Waals surface area contributed by atoms with E-state index in [-0.39, 0.29) is 10.6 Å². The third-order valence-electron chi connectivity index (χ3n) is 4.21. The van der Waals surface area contributed by atoms with Gasteiger partial charge < -0.3 is 9.72 Å². The zero-order valence-electron chi connectivity index (χ0n) is 13.6. The van der Waals surface area contributed by atoms with Crippen LogP contribution in [0.2, 0.25) is 0 Å². The van der Waals surface area contributed by atoms with Crippen LogP contribution in [0.1, 0.15) is 16.7 Å². The predicted octanol–water partition coefficient (Wildman–Crippen LogP) is 4.68. The number of nitro groups is 1. The molecule has 0 saturated carbocycles. The third-order valence-corrected chi connectivity index (χ3v) is 4.21. The van der Waals surface area contributed by atoms with Crippen molar-refractivity contribution in [2.45, 2.75) is 20.8 Å². The highest BCUT2D eigenvalue weighted by molar-refractivity contribution is 5.92. The van der Waals surface area contributed by atoms with Crippen LogP contribution in [0.4, 0.5) is 5.69 Å². The second-order valence-electron chi connectivity index (χ2n) is 5.76. The van der Waals surface area contributed by atoms with Crippen LogP contribution in [0.3, 0.4) is 0 Å². The SMILES string of the molecule is COc1c(C)cc(-c2[nH]c3ccc([N+](=O)[O-])cc3c2C)cc1C. The number of hydrogen-bond donors (Lipinski definition) is 1. The van der Waals surface area contributed by atoms with E-state index in [1.54, 1.807) is 19.2 Å². The number of methoxy groups -OCH3 is 1. The molecule has 0 aliphatic heterocycles. The van der Waals surface area contributed by atoms with E-state index < -0.39 is 0 Å². The van der Waals surface area contributed by atoms with Gasteiger partial charge in [0.25, 0.3) is 5.69 Å². The zero-order valence-corrected chi connectivity index (χ0v) is 13.6. The van der Waals surface area contributed by atoms with Gasteiger partial charge in [-0.2, -0.15) is 0 Å². The molecule has 0 aliphatic rings. The number of rotatable bonds is 3. The van der Waals surface area contributed by atoms with Gasteiger partial charge in [-0.15, -0.1) is 0 Å². The molecule has 23 heavy (non-hydrogen) atoms. The van der Waals surface area contributed by atoms with Gasteiger partial charge in [-0.25, -0.2) is 0 Å². The zero-order chi connectivity index (χ0) is 16.7. The second kappa shape index (κ2) is 5.43. The van der Waals surface area contributed by atoms with E-state index in [4.69, 9.17) is 4.74 Å². The normalized spacial score (nSPS) is 11.0. The highest BCUT2D eigenvalue weighted by Gasteiger charge is 2.15. The summed E-state index contributed by atoms with van der Waals surface area (Å²) < 4.78 is 5.41. The van der Waals surface area contributed by atoms with Crippen molar-refractivity contribution in [3.05, 3.63) is 57.1 Å². The number of non-ortho nitro benzene ring substituents is 1. The van der Waals surface area contributed by atoms with Gasteiger partial charge in [0, 0.05) is 28.7 Å². The number of nitrogens with zero attached hydrogens (tertiary/aromatic N) is 1. The monoisotopic (exact) mass is 310 g/mol. The van der Waals surface area contributed by atoms with Crippen LogP contribution in [0.25, 0.3) is 22.2 Å². The average molecular weight is 310 g/mol. The topological polar surface area (TPSA) is 68.2 Å². The fraction of sp³-hybridized carbons (Fsp3) is 0.222. The Balaban J connectivity index is 2.21. The summed E-state index contributed by atoms with van der Waals surface area (Å²) >= 11 is 0. The van der Waals surface area contributed by atoms with E-state index in [0.29, 0.717) is 0 Å². The Hall–Kier alpha value is -2.82. The van der Waals surface area contributed by atoms with Crippen LogP contribution in [-0.4, -0.2) is 17.0 Å². The molecule has 1 heterocycles. The molecule has 5 nitrogen and oxygen atoms in total. The molecule has 1 aromatic heterocycles. The smallest absolute Gasteiger partial charge is 0.270 e. The van der Waals surface area contributed by atoms with Gasteiger partial charge >= 0.3 is 0 Å². The number of aromatic amines is 1. The summed E-state index contributed by atoms with van der Waals surface area (Å²) in [6, 6.07) is 9.03. The summed E-state index contributed by atoms with van der Waals surface area (Å²) in [4.78, 5) is 14.0. The summed E-state index contributed by atoms with van der Waals surface area (Å²) in [6.45, 7) is 6.00. The van der Waals surface area contributed by atoms with E-state index >= 15 is 0 Å². The summed E-state index contributed by atoms with van der Waals surface area (Å²) in [7, 11) is 1.67. The lowest BCUT2D eigenvalue weighted by molar-refractivity contribution is -0.384. The van der Waals surface area contributed by atoms with Crippen LogP contribution >= 0.6 is 0 Å². The Bertz CT molecular complexity index is 902. The van der Waals surface area contributed by atoms with E-state index in [1.807, 2.05) is 20.8 Å². The minimum atomic E-state index is -0.368. The van der Waals surface area contributed by atoms with Crippen molar-refractivity contribution in [3.8, 4) is 17.0 Å². The van der Waals surface area contributed by atoms with Crippen molar-refractivity contribution in [1.29, 1.82) is 0 Å². The van der Waals surface area contributed by atoms with Gasteiger partial charge in [-0.1, -0.05) is 0 Å². The van der Waals surface area contributed by atoms with Crippen molar-refractivity contribution in [3.63, 3.8) is 0 Å². The van der Waals surface area contributed by atoms with Gasteiger partial charge in [-0.3, -0.25) is 10.1 Å². The third kappa shape index (κ3) is 2.44. The van der Waals surface area contributed by atoms with Crippen molar-refractivity contribution in [1.82, 2.24) is 4.98 Å². The molecule has 3 aromatic rings. The molecular weight excluding hydrogens is 292 g/mol. The maximum atomic E-state index is 11.0. The molecule has 0 spiro atoms. The van der Waals surface area contributed by atoms with Crippen molar-refractivity contribution in [2.75, 3.05) is 7.11 Å². The molecule has 118 valence electrons. The first kappa shape index (κ1) is 15.1. The first-order valence-corrected chi connectivity index (χ1v) is 7.34. The van der Waals surface area contributed by atoms with Crippen LogP contribution in [-0.2, 0) is 0 Å². The molecule has 0 unspecified atom stereocenters. The molecule has 0 radical (unpaired) electrons. The fourth-order valence-corrected chi connectivity index (χ4v) is 3.13. The van der Waals surface area contributed by atoms with E-state index in [1.165, 1.54) is 6.07 Å². The number of hydrogen-bond acceptors (Lipinski definition) is 3. The number of fused-ring (bicyclic) bond motifs is 1. The molecule has 0 saturated heterocycles. The Labute approximate surface area is 134 Å². The average Bonchev–Trinajstić information content (AvgIpc) is 2.83. The van der Waals surface area contributed by atoms with Gasteiger partial charge in [0.05, 0.1) is 12.0 Å². The van der Waals surface area contributed by atoms with Gasteiger partial charge in [0.2, 0.25) is 0 Å². The molecule has 0 fully saturated rings. The van der Waals surface area contributed by atoms with Crippen LogP contribution in [0, 0.1) is 30.9 Å². The summed E-state index contributed by atoms with van der Waals surface area (Å²) in [6.07, 6.45) is 0. The number of ether oxygens (including phenoxy) is 1. The molecule has 3 rings (SSSR count). The molecule has 0 atom stereocenters. The maximum absolute atomic E-state index is 11.0. The molecule has 5 heteroatoms. The van der Waals surface area contributed by atoms with Crippen LogP contribution in [0.5, 0.6) is 5.75 Å². The van der Waals surface area contributed by atoms with Crippen molar-refractivity contribution >= 4 is 16.6 Å². The highest BCUT2D eigenvalue weighted by Crippen LogP contribution is 2.35. The van der Waals surface area contributed by atoms with Crippen molar-refractivity contribution in [2.24, 2.45) is 0 Å². The highest BCUT2D eigenvalue weighted by atomic mass is 16.6. The maximum Gasteiger partial charge on any atom is 0.270 e. The Morgan fingerprint density at radius 3 is 2.30 bits per heavy atom. The lowest BCUT2D eigenvalue weighted by Gasteiger charge is -2.11. The largest absolute Gasteiger partial charge is 0.496 e. The van der Waals surface area contributed by atoms with Crippen LogP contribution in [0.15, 0.2) is 30.3 Å².